The van der Waals surface area contributed by atoms with Crippen LogP contribution >= 0.6 is 0 Å². The molecule has 17 heavy (non-hydrogen) atoms. The molecule has 0 aromatic carbocycles. The molecule has 1 aromatic heterocycles. The number of ether oxygens (including phenoxy) is 2. The van der Waals surface area contributed by atoms with E-state index in [-0.39, 0.29) is 0 Å². The highest BCUT2D eigenvalue weighted by Gasteiger charge is 2.09. The maximum atomic E-state index is 5.63. The number of hydrogen-bond acceptors (Lipinski definition) is 4. The first-order valence-corrected chi connectivity index (χ1v) is 6.20. The highest BCUT2D eigenvalue weighted by atomic mass is 16.5. The third kappa shape index (κ3) is 4.32. The van der Waals surface area contributed by atoms with E-state index in [4.69, 9.17) is 9.47 Å². The van der Waals surface area contributed by atoms with Crippen LogP contribution in [-0.2, 0) is 4.74 Å². The minimum Gasteiger partial charge on any atom is -0.492 e. The molecule has 4 heteroatoms. The molecule has 4 nitrogen and oxygen atoms in total. The molecular formula is C13H20N2O2. The van der Waals surface area contributed by atoms with E-state index in [0.717, 1.165) is 57.3 Å². The fourth-order valence-electron chi connectivity index (χ4n) is 1.84. The largest absolute Gasteiger partial charge is 0.492 e. The Morgan fingerprint density at radius 3 is 2.88 bits per heavy atom. The van der Waals surface area contributed by atoms with Crippen molar-refractivity contribution in [2.75, 3.05) is 39.5 Å². The van der Waals surface area contributed by atoms with Crippen LogP contribution in [0.5, 0.6) is 5.75 Å². The van der Waals surface area contributed by atoms with Crippen molar-refractivity contribution in [2.45, 2.75) is 13.3 Å². The first-order chi connectivity index (χ1) is 8.34. The van der Waals surface area contributed by atoms with Crippen LogP contribution in [0.2, 0.25) is 0 Å². The normalized spacial score (nSPS) is 17.0. The third-order valence-corrected chi connectivity index (χ3v) is 2.88. The van der Waals surface area contributed by atoms with Gasteiger partial charge < -0.3 is 9.47 Å². The third-order valence-electron chi connectivity index (χ3n) is 2.88. The molecule has 2 heterocycles. The number of rotatable bonds is 5. The maximum absolute atomic E-state index is 5.63. The van der Waals surface area contributed by atoms with Crippen LogP contribution < -0.4 is 4.74 Å². The van der Waals surface area contributed by atoms with E-state index in [1.165, 1.54) is 0 Å². The molecule has 0 spiro atoms. The van der Waals surface area contributed by atoms with Crippen molar-refractivity contribution >= 4 is 0 Å². The highest BCUT2D eigenvalue weighted by Crippen LogP contribution is 2.09. The molecule has 1 aliphatic rings. The van der Waals surface area contributed by atoms with Crippen LogP contribution in [-0.4, -0.2) is 49.3 Å². The summed E-state index contributed by atoms with van der Waals surface area (Å²) in [6.45, 7) is 7.64. The minimum absolute atomic E-state index is 0.752. The number of nitrogens with zero attached hydrogens (tertiary/aromatic N) is 2. The molecule has 0 amide bonds. The molecule has 0 radical (unpaired) electrons. The summed E-state index contributed by atoms with van der Waals surface area (Å²) in [5.41, 5.74) is 1.02. The van der Waals surface area contributed by atoms with E-state index in [1.807, 2.05) is 19.1 Å². The van der Waals surface area contributed by atoms with E-state index in [2.05, 4.69) is 9.88 Å². The lowest BCUT2D eigenvalue weighted by Gasteiger charge is -2.26. The molecule has 2 rings (SSSR count). The molecule has 1 saturated heterocycles. The van der Waals surface area contributed by atoms with Crippen molar-refractivity contribution in [1.29, 1.82) is 0 Å². The second kappa shape index (κ2) is 6.57. The summed E-state index contributed by atoms with van der Waals surface area (Å²) in [6.07, 6.45) is 2.83. The van der Waals surface area contributed by atoms with Gasteiger partial charge in [0, 0.05) is 25.3 Å². The summed E-state index contributed by atoms with van der Waals surface area (Å²) >= 11 is 0. The molecule has 1 aliphatic heterocycles. The van der Waals surface area contributed by atoms with Crippen LogP contribution in [0, 0.1) is 6.92 Å². The fourth-order valence-corrected chi connectivity index (χ4v) is 1.84. The molecule has 94 valence electrons. The monoisotopic (exact) mass is 236 g/mol. The van der Waals surface area contributed by atoms with Crippen LogP contribution in [0.1, 0.15) is 12.1 Å². The van der Waals surface area contributed by atoms with E-state index in [9.17, 15) is 0 Å². The molecule has 1 aromatic rings. The smallest absolute Gasteiger partial charge is 0.137 e. The van der Waals surface area contributed by atoms with Crippen molar-refractivity contribution in [1.82, 2.24) is 9.88 Å². The molecular weight excluding hydrogens is 216 g/mol. The number of morpholine rings is 1. The van der Waals surface area contributed by atoms with Gasteiger partial charge in [-0.15, -0.1) is 0 Å². The number of aryl methyl sites for hydroxylation is 1. The van der Waals surface area contributed by atoms with Gasteiger partial charge in [-0.3, -0.25) is 9.88 Å². The lowest BCUT2D eigenvalue weighted by Crippen LogP contribution is -2.37. The molecule has 0 unspecified atom stereocenters. The zero-order chi connectivity index (χ0) is 11.9. The van der Waals surface area contributed by atoms with E-state index in [0.29, 0.717) is 0 Å². The SMILES string of the molecule is Cc1ccc(OCCCN2CCOCC2)cn1. The van der Waals surface area contributed by atoms with Gasteiger partial charge in [0.2, 0.25) is 0 Å². The number of pyridine rings is 1. The fraction of sp³-hybridized carbons (Fsp3) is 0.615. The van der Waals surface area contributed by atoms with Gasteiger partial charge in [0.25, 0.3) is 0 Å². The van der Waals surface area contributed by atoms with Gasteiger partial charge in [0.1, 0.15) is 5.75 Å². The Labute approximate surface area is 103 Å². The van der Waals surface area contributed by atoms with Crippen molar-refractivity contribution in [3.05, 3.63) is 24.0 Å². The first kappa shape index (κ1) is 12.3. The van der Waals surface area contributed by atoms with Gasteiger partial charge in [0.05, 0.1) is 26.0 Å². The average Bonchev–Trinajstić information content (AvgIpc) is 2.38. The number of hydrogen-bond donors (Lipinski definition) is 0. The summed E-state index contributed by atoms with van der Waals surface area (Å²) in [7, 11) is 0. The van der Waals surface area contributed by atoms with E-state index >= 15 is 0 Å². The van der Waals surface area contributed by atoms with Crippen LogP contribution in [0.3, 0.4) is 0 Å². The number of aromatic nitrogens is 1. The van der Waals surface area contributed by atoms with Crippen LogP contribution in [0.4, 0.5) is 0 Å². The molecule has 0 bridgehead atoms. The van der Waals surface area contributed by atoms with Crippen LogP contribution in [0.25, 0.3) is 0 Å². The van der Waals surface area contributed by atoms with Gasteiger partial charge in [-0.1, -0.05) is 0 Å². The molecule has 0 saturated carbocycles. The van der Waals surface area contributed by atoms with Gasteiger partial charge >= 0.3 is 0 Å². The highest BCUT2D eigenvalue weighted by molar-refractivity contribution is 5.18. The van der Waals surface area contributed by atoms with Crippen molar-refractivity contribution in [2.24, 2.45) is 0 Å². The first-order valence-electron chi connectivity index (χ1n) is 6.20. The average molecular weight is 236 g/mol. The second-order valence-corrected chi connectivity index (χ2v) is 4.29. The van der Waals surface area contributed by atoms with Gasteiger partial charge in [-0.2, -0.15) is 0 Å². The second-order valence-electron chi connectivity index (χ2n) is 4.29. The van der Waals surface area contributed by atoms with Gasteiger partial charge in [0.15, 0.2) is 0 Å². The Morgan fingerprint density at radius 1 is 1.35 bits per heavy atom. The Hall–Kier alpha value is -1.13. The van der Waals surface area contributed by atoms with Gasteiger partial charge in [-0.05, 0) is 25.5 Å². The van der Waals surface area contributed by atoms with Crippen molar-refractivity contribution in [3.63, 3.8) is 0 Å². The molecule has 1 fully saturated rings. The van der Waals surface area contributed by atoms with E-state index < -0.39 is 0 Å². The lowest BCUT2D eigenvalue weighted by molar-refractivity contribution is 0.0358. The summed E-state index contributed by atoms with van der Waals surface area (Å²) < 4.78 is 10.9. The van der Waals surface area contributed by atoms with Crippen molar-refractivity contribution < 1.29 is 9.47 Å². The Kier molecular flexibility index (Phi) is 4.76. The Balaban J connectivity index is 1.60. The van der Waals surface area contributed by atoms with Crippen LogP contribution in [0.15, 0.2) is 18.3 Å². The molecule has 0 aliphatic carbocycles. The minimum atomic E-state index is 0.752. The Morgan fingerprint density at radius 2 is 2.18 bits per heavy atom. The quantitative estimate of drug-likeness (QED) is 0.726. The maximum Gasteiger partial charge on any atom is 0.137 e. The standard InChI is InChI=1S/C13H20N2O2/c1-12-3-4-13(11-14-12)17-8-2-5-15-6-9-16-10-7-15/h3-4,11H,2,5-10H2,1H3. The summed E-state index contributed by atoms with van der Waals surface area (Å²) in [5.74, 6) is 0.859. The molecule has 0 atom stereocenters. The lowest BCUT2D eigenvalue weighted by atomic mass is 10.3. The summed E-state index contributed by atoms with van der Waals surface area (Å²) in [5, 5.41) is 0. The summed E-state index contributed by atoms with van der Waals surface area (Å²) in [6, 6.07) is 3.94. The van der Waals surface area contributed by atoms with Crippen molar-refractivity contribution in [3.8, 4) is 5.75 Å². The zero-order valence-electron chi connectivity index (χ0n) is 10.4. The van der Waals surface area contributed by atoms with Gasteiger partial charge in [-0.25, -0.2) is 0 Å². The predicted molar refractivity (Wildman–Crippen MR) is 66.3 cm³/mol. The topological polar surface area (TPSA) is 34.6 Å². The molecule has 0 N–H and O–H groups in total. The predicted octanol–water partition coefficient (Wildman–Crippen LogP) is 1.49. The Bertz CT molecular complexity index is 321. The zero-order valence-corrected chi connectivity index (χ0v) is 10.4. The summed E-state index contributed by atoms with van der Waals surface area (Å²) in [4.78, 5) is 6.61. The van der Waals surface area contributed by atoms with E-state index in [1.54, 1.807) is 6.20 Å².